The molecule has 6 nitrogen and oxygen atoms in total. The Kier molecular flexibility index (Phi) is 8.05. The summed E-state index contributed by atoms with van der Waals surface area (Å²) in [6, 6.07) is 14.2. The second-order valence-corrected chi connectivity index (χ2v) is 9.67. The van der Waals surface area contributed by atoms with E-state index in [0.29, 0.717) is 6.54 Å². The summed E-state index contributed by atoms with van der Waals surface area (Å²) >= 11 is 1.42. The molecule has 0 aromatic heterocycles. The van der Waals surface area contributed by atoms with Crippen molar-refractivity contribution in [3.63, 3.8) is 0 Å². The summed E-state index contributed by atoms with van der Waals surface area (Å²) in [6.45, 7) is 3.71. The summed E-state index contributed by atoms with van der Waals surface area (Å²) in [5.41, 5.74) is 0.00757. The molecule has 1 aliphatic carbocycles. The first kappa shape index (κ1) is 23.1. The fourth-order valence-electron chi connectivity index (χ4n) is 4.75. The zero-order valence-electron chi connectivity index (χ0n) is 18.5. The Hall–Kier alpha value is -2.09. The number of benzene rings is 2. The average molecular weight is 457 g/mol. The van der Waals surface area contributed by atoms with Gasteiger partial charge in [0.15, 0.2) is 6.61 Å². The standard InChI is InChI=1S/C25H32N2O4S/c28-23(26-19-25(10-4-1-5-11-25)27-12-14-30-15-13-27)17-31-24(29)18-32-22-9-8-20-6-2-3-7-21(20)16-22/h2-3,6-9,16H,1,4-5,10-15,17-19H2,(H,26,28). The van der Waals surface area contributed by atoms with Crippen molar-refractivity contribution in [3.05, 3.63) is 42.5 Å². The molecule has 0 atom stereocenters. The monoisotopic (exact) mass is 456 g/mol. The van der Waals surface area contributed by atoms with Crippen molar-refractivity contribution >= 4 is 34.4 Å². The van der Waals surface area contributed by atoms with E-state index < -0.39 is 0 Å². The number of nitrogens with one attached hydrogen (secondary N) is 1. The van der Waals surface area contributed by atoms with Crippen LogP contribution < -0.4 is 5.32 Å². The van der Waals surface area contributed by atoms with Crippen molar-refractivity contribution in [1.29, 1.82) is 0 Å². The minimum Gasteiger partial charge on any atom is -0.455 e. The van der Waals surface area contributed by atoms with Gasteiger partial charge in [0, 0.05) is 30.1 Å². The third-order valence-electron chi connectivity index (χ3n) is 6.52. The lowest BCUT2D eigenvalue weighted by molar-refractivity contribution is -0.146. The van der Waals surface area contributed by atoms with Gasteiger partial charge in [-0.1, -0.05) is 49.6 Å². The minimum absolute atomic E-state index is 0.00757. The summed E-state index contributed by atoms with van der Waals surface area (Å²) in [4.78, 5) is 28.1. The number of ether oxygens (including phenoxy) is 2. The zero-order chi connectivity index (χ0) is 22.2. The van der Waals surface area contributed by atoms with Gasteiger partial charge >= 0.3 is 5.97 Å². The van der Waals surface area contributed by atoms with Crippen LogP contribution in [0.15, 0.2) is 47.4 Å². The smallest absolute Gasteiger partial charge is 0.316 e. The Balaban J connectivity index is 1.21. The molecule has 32 heavy (non-hydrogen) atoms. The summed E-state index contributed by atoms with van der Waals surface area (Å²) in [6.07, 6.45) is 5.82. The first-order valence-electron chi connectivity index (χ1n) is 11.5. The summed E-state index contributed by atoms with van der Waals surface area (Å²) in [7, 11) is 0. The van der Waals surface area contributed by atoms with E-state index in [4.69, 9.17) is 9.47 Å². The number of carbonyl (C=O) groups excluding carboxylic acids is 2. The lowest BCUT2D eigenvalue weighted by atomic mass is 9.79. The molecule has 0 bridgehead atoms. The second-order valence-electron chi connectivity index (χ2n) is 8.62. The number of amides is 1. The summed E-state index contributed by atoms with van der Waals surface area (Å²) < 4.78 is 10.7. The van der Waals surface area contributed by atoms with Gasteiger partial charge in [0.2, 0.25) is 0 Å². The molecule has 7 heteroatoms. The Morgan fingerprint density at radius 2 is 1.78 bits per heavy atom. The SMILES string of the molecule is O=C(COC(=O)CSc1ccc2ccccc2c1)NCC1(N2CCOCC2)CCCCC1. The quantitative estimate of drug-likeness (QED) is 0.483. The van der Waals surface area contributed by atoms with Gasteiger partial charge in [-0.05, 0) is 35.7 Å². The van der Waals surface area contributed by atoms with Gasteiger partial charge in [0.05, 0.1) is 19.0 Å². The van der Waals surface area contributed by atoms with Gasteiger partial charge < -0.3 is 14.8 Å². The van der Waals surface area contributed by atoms with Crippen molar-refractivity contribution in [2.45, 2.75) is 42.5 Å². The van der Waals surface area contributed by atoms with Crippen molar-refractivity contribution in [3.8, 4) is 0 Å². The molecule has 1 amide bonds. The number of carbonyl (C=O) groups is 2. The third-order valence-corrected chi connectivity index (χ3v) is 7.49. The fourth-order valence-corrected chi connectivity index (χ4v) is 5.50. The lowest BCUT2D eigenvalue weighted by Gasteiger charge is -2.48. The van der Waals surface area contributed by atoms with Crippen LogP contribution in [0.3, 0.4) is 0 Å². The van der Waals surface area contributed by atoms with E-state index in [1.807, 2.05) is 24.3 Å². The van der Waals surface area contributed by atoms with Crippen molar-refractivity contribution in [1.82, 2.24) is 10.2 Å². The molecule has 1 saturated carbocycles. The van der Waals surface area contributed by atoms with E-state index >= 15 is 0 Å². The Morgan fingerprint density at radius 3 is 2.56 bits per heavy atom. The van der Waals surface area contributed by atoms with E-state index in [9.17, 15) is 9.59 Å². The first-order valence-corrected chi connectivity index (χ1v) is 12.5. The van der Waals surface area contributed by atoms with E-state index in [1.165, 1.54) is 36.4 Å². The normalized spacial score (nSPS) is 18.9. The molecule has 0 radical (unpaired) electrons. The zero-order valence-corrected chi connectivity index (χ0v) is 19.3. The number of esters is 1. The highest BCUT2D eigenvalue weighted by molar-refractivity contribution is 8.00. The predicted molar refractivity (Wildman–Crippen MR) is 127 cm³/mol. The highest BCUT2D eigenvalue weighted by atomic mass is 32.2. The highest BCUT2D eigenvalue weighted by Crippen LogP contribution is 2.33. The van der Waals surface area contributed by atoms with Crippen LogP contribution in [0.5, 0.6) is 0 Å². The van der Waals surface area contributed by atoms with Crippen LogP contribution >= 0.6 is 11.8 Å². The van der Waals surface area contributed by atoms with Crippen LogP contribution in [0.4, 0.5) is 0 Å². The van der Waals surface area contributed by atoms with Crippen LogP contribution in [-0.4, -0.2) is 67.5 Å². The number of morpholine rings is 1. The Labute approximate surface area is 194 Å². The second kappa shape index (κ2) is 11.2. The van der Waals surface area contributed by atoms with Gasteiger partial charge in [-0.25, -0.2) is 0 Å². The number of thioether (sulfide) groups is 1. The largest absolute Gasteiger partial charge is 0.455 e. The van der Waals surface area contributed by atoms with E-state index in [0.717, 1.165) is 49.4 Å². The molecule has 2 aliphatic rings. The highest BCUT2D eigenvalue weighted by Gasteiger charge is 2.38. The molecule has 2 fully saturated rings. The number of hydrogen-bond donors (Lipinski definition) is 1. The maximum atomic E-state index is 12.4. The van der Waals surface area contributed by atoms with Gasteiger partial charge in [-0.2, -0.15) is 0 Å². The number of rotatable bonds is 8. The molecule has 172 valence electrons. The number of nitrogens with zero attached hydrogens (tertiary/aromatic N) is 1. The number of hydrogen-bond acceptors (Lipinski definition) is 6. The molecule has 1 N–H and O–H groups in total. The molecular formula is C25H32N2O4S. The molecular weight excluding hydrogens is 424 g/mol. The van der Waals surface area contributed by atoms with Crippen LogP contribution in [0.2, 0.25) is 0 Å². The maximum absolute atomic E-state index is 12.4. The van der Waals surface area contributed by atoms with Gasteiger partial charge in [-0.15, -0.1) is 11.8 Å². The molecule has 2 aromatic rings. The first-order chi connectivity index (χ1) is 15.6. The van der Waals surface area contributed by atoms with Gasteiger partial charge in [0.25, 0.3) is 5.91 Å². The average Bonchev–Trinajstić information content (AvgIpc) is 2.86. The molecule has 1 aliphatic heterocycles. The van der Waals surface area contributed by atoms with Gasteiger partial charge in [-0.3, -0.25) is 14.5 Å². The van der Waals surface area contributed by atoms with Crippen LogP contribution in [-0.2, 0) is 19.1 Å². The summed E-state index contributed by atoms with van der Waals surface area (Å²) in [5, 5.41) is 5.35. The van der Waals surface area contributed by atoms with Gasteiger partial charge in [0.1, 0.15) is 0 Å². The van der Waals surface area contributed by atoms with Crippen LogP contribution in [0.25, 0.3) is 10.8 Å². The van der Waals surface area contributed by atoms with E-state index in [1.54, 1.807) is 0 Å². The molecule has 0 spiro atoms. The molecule has 1 saturated heterocycles. The molecule has 1 heterocycles. The molecule has 2 aromatic carbocycles. The topological polar surface area (TPSA) is 67.9 Å². The Morgan fingerprint density at radius 1 is 1.03 bits per heavy atom. The lowest BCUT2D eigenvalue weighted by Crippen LogP contribution is -2.59. The fraction of sp³-hybridized carbons (Fsp3) is 0.520. The maximum Gasteiger partial charge on any atom is 0.316 e. The van der Waals surface area contributed by atoms with Crippen LogP contribution in [0.1, 0.15) is 32.1 Å². The third kappa shape index (κ3) is 6.03. The summed E-state index contributed by atoms with van der Waals surface area (Å²) in [5.74, 6) is -0.422. The van der Waals surface area contributed by atoms with Crippen LogP contribution in [0, 0.1) is 0 Å². The molecule has 0 unspecified atom stereocenters. The Bertz CT molecular complexity index is 923. The van der Waals surface area contributed by atoms with Crippen molar-refractivity contribution < 1.29 is 19.1 Å². The van der Waals surface area contributed by atoms with Crippen molar-refractivity contribution in [2.75, 3.05) is 45.2 Å². The minimum atomic E-state index is -0.376. The van der Waals surface area contributed by atoms with E-state index in [-0.39, 0.29) is 29.8 Å². The predicted octanol–water partition coefficient (Wildman–Crippen LogP) is 3.63. The molecule has 4 rings (SSSR count). The van der Waals surface area contributed by atoms with E-state index in [2.05, 4.69) is 28.4 Å². The van der Waals surface area contributed by atoms with Crippen molar-refractivity contribution in [2.24, 2.45) is 0 Å². The number of fused-ring (bicyclic) bond motifs is 1.